The summed E-state index contributed by atoms with van der Waals surface area (Å²) in [6.45, 7) is 4.19. The molecule has 1 amide bonds. The van der Waals surface area contributed by atoms with Crippen molar-refractivity contribution in [1.29, 1.82) is 0 Å². The standard InChI is InChI=1S/C13H19NO3/c1-8(2)11(15)7-14-13(16)10-6-9(10)12-4-3-5-17-12/h3-5,8-11,15H,6-7H2,1-2H3,(H,14,16). The molecule has 1 fully saturated rings. The fourth-order valence-electron chi connectivity index (χ4n) is 1.87. The highest BCUT2D eigenvalue weighted by Gasteiger charge is 2.45. The highest BCUT2D eigenvalue weighted by molar-refractivity contribution is 5.82. The van der Waals surface area contributed by atoms with Gasteiger partial charge in [-0.15, -0.1) is 0 Å². The first kappa shape index (κ1) is 12.2. The van der Waals surface area contributed by atoms with Gasteiger partial charge in [0.2, 0.25) is 5.91 Å². The van der Waals surface area contributed by atoms with Crippen molar-refractivity contribution in [3.63, 3.8) is 0 Å². The maximum absolute atomic E-state index is 11.8. The summed E-state index contributed by atoms with van der Waals surface area (Å²) in [4.78, 5) is 11.8. The molecule has 4 nitrogen and oxygen atoms in total. The Kier molecular flexibility index (Phi) is 3.52. The van der Waals surface area contributed by atoms with Gasteiger partial charge in [-0.05, 0) is 24.5 Å². The van der Waals surface area contributed by atoms with Gasteiger partial charge >= 0.3 is 0 Å². The number of hydrogen-bond donors (Lipinski definition) is 2. The molecule has 1 heterocycles. The monoisotopic (exact) mass is 237 g/mol. The summed E-state index contributed by atoms with van der Waals surface area (Å²) < 4.78 is 5.27. The van der Waals surface area contributed by atoms with Gasteiger partial charge in [0, 0.05) is 18.4 Å². The van der Waals surface area contributed by atoms with Gasteiger partial charge < -0.3 is 14.8 Å². The zero-order valence-corrected chi connectivity index (χ0v) is 10.2. The summed E-state index contributed by atoms with van der Waals surface area (Å²) in [6, 6.07) is 3.74. The van der Waals surface area contributed by atoms with Crippen LogP contribution in [-0.2, 0) is 4.79 Å². The first-order valence-corrected chi connectivity index (χ1v) is 6.08. The zero-order valence-electron chi connectivity index (χ0n) is 10.2. The van der Waals surface area contributed by atoms with Gasteiger partial charge in [-0.1, -0.05) is 13.8 Å². The van der Waals surface area contributed by atoms with Crippen LogP contribution in [0.1, 0.15) is 31.9 Å². The molecule has 1 aliphatic rings. The third-order valence-corrected chi connectivity index (χ3v) is 3.29. The summed E-state index contributed by atoms with van der Waals surface area (Å²) in [6.07, 6.45) is 2.00. The zero-order chi connectivity index (χ0) is 12.4. The predicted octanol–water partition coefficient (Wildman–Crippen LogP) is 1.52. The van der Waals surface area contributed by atoms with E-state index in [9.17, 15) is 9.90 Å². The minimum absolute atomic E-state index is 0.0144. The highest BCUT2D eigenvalue weighted by Crippen LogP contribution is 2.47. The van der Waals surface area contributed by atoms with Crippen LogP contribution in [0.15, 0.2) is 22.8 Å². The van der Waals surface area contributed by atoms with Crippen LogP contribution >= 0.6 is 0 Å². The molecule has 3 atom stereocenters. The van der Waals surface area contributed by atoms with Gasteiger partial charge in [0.15, 0.2) is 0 Å². The number of nitrogens with one attached hydrogen (secondary N) is 1. The molecule has 0 spiro atoms. The Morgan fingerprint density at radius 2 is 2.41 bits per heavy atom. The van der Waals surface area contributed by atoms with Crippen LogP contribution in [0.4, 0.5) is 0 Å². The van der Waals surface area contributed by atoms with Crippen molar-refractivity contribution in [3.05, 3.63) is 24.2 Å². The van der Waals surface area contributed by atoms with Crippen LogP contribution in [0.2, 0.25) is 0 Å². The quantitative estimate of drug-likeness (QED) is 0.816. The van der Waals surface area contributed by atoms with Gasteiger partial charge in [0.05, 0.1) is 12.4 Å². The van der Waals surface area contributed by atoms with E-state index in [1.165, 1.54) is 0 Å². The van der Waals surface area contributed by atoms with Gasteiger partial charge in [0.25, 0.3) is 0 Å². The molecule has 3 unspecified atom stereocenters. The van der Waals surface area contributed by atoms with Crippen LogP contribution in [-0.4, -0.2) is 23.7 Å². The lowest BCUT2D eigenvalue weighted by atomic mass is 10.1. The van der Waals surface area contributed by atoms with Crippen LogP contribution in [0.3, 0.4) is 0 Å². The summed E-state index contributed by atoms with van der Waals surface area (Å²) in [7, 11) is 0. The van der Waals surface area contributed by atoms with Crippen LogP contribution in [0.5, 0.6) is 0 Å². The van der Waals surface area contributed by atoms with Crippen molar-refractivity contribution in [2.45, 2.75) is 32.3 Å². The van der Waals surface area contributed by atoms with E-state index in [1.54, 1.807) is 6.26 Å². The van der Waals surface area contributed by atoms with Crippen molar-refractivity contribution in [2.75, 3.05) is 6.54 Å². The molecule has 94 valence electrons. The van der Waals surface area contributed by atoms with Crippen LogP contribution in [0, 0.1) is 11.8 Å². The fourth-order valence-corrected chi connectivity index (χ4v) is 1.87. The molecular formula is C13H19NO3. The fraction of sp³-hybridized carbons (Fsp3) is 0.615. The summed E-state index contributed by atoms with van der Waals surface area (Å²) in [5.41, 5.74) is 0. The van der Waals surface area contributed by atoms with E-state index >= 15 is 0 Å². The van der Waals surface area contributed by atoms with E-state index < -0.39 is 6.10 Å². The van der Waals surface area contributed by atoms with Crippen LogP contribution < -0.4 is 5.32 Å². The second-order valence-electron chi connectivity index (χ2n) is 5.02. The van der Waals surface area contributed by atoms with E-state index in [0.717, 1.165) is 12.2 Å². The second kappa shape index (κ2) is 4.92. The Balaban J connectivity index is 1.76. The molecule has 0 aromatic carbocycles. The molecule has 0 saturated heterocycles. The number of carbonyl (C=O) groups excluding carboxylic acids is 1. The van der Waals surface area contributed by atoms with Crippen molar-refractivity contribution >= 4 is 5.91 Å². The molecule has 4 heteroatoms. The van der Waals surface area contributed by atoms with E-state index in [2.05, 4.69) is 5.32 Å². The van der Waals surface area contributed by atoms with E-state index in [-0.39, 0.29) is 23.7 Å². The minimum Gasteiger partial charge on any atom is -0.469 e. The Labute approximate surface area is 101 Å². The summed E-state index contributed by atoms with van der Waals surface area (Å²) >= 11 is 0. The molecule has 1 aromatic rings. The number of aliphatic hydroxyl groups excluding tert-OH is 1. The molecule has 1 saturated carbocycles. The highest BCUT2D eigenvalue weighted by atomic mass is 16.3. The van der Waals surface area contributed by atoms with Crippen LogP contribution in [0.25, 0.3) is 0 Å². The smallest absolute Gasteiger partial charge is 0.223 e. The number of furan rings is 1. The number of hydrogen-bond acceptors (Lipinski definition) is 3. The lowest BCUT2D eigenvalue weighted by molar-refractivity contribution is -0.123. The van der Waals surface area contributed by atoms with Crippen molar-refractivity contribution in [3.8, 4) is 0 Å². The number of amides is 1. The lowest BCUT2D eigenvalue weighted by Gasteiger charge is -2.14. The molecule has 1 aromatic heterocycles. The topological polar surface area (TPSA) is 62.5 Å². The number of carbonyl (C=O) groups is 1. The maximum Gasteiger partial charge on any atom is 0.223 e. The average Bonchev–Trinajstić information content (AvgIpc) is 2.92. The molecule has 0 radical (unpaired) electrons. The third kappa shape index (κ3) is 2.88. The lowest BCUT2D eigenvalue weighted by Crippen LogP contribution is -2.35. The number of rotatable bonds is 5. The Hall–Kier alpha value is -1.29. The molecule has 17 heavy (non-hydrogen) atoms. The molecule has 2 N–H and O–H groups in total. The van der Waals surface area contributed by atoms with Gasteiger partial charge in [-0.25, -0.2) is 0 Å². The van der Waals surface area contributed by atoms with E-state index in [1.807, 2.05) is 26.0 Å². The predicted molar refractivity (Wildman–Crippen MR) is 63.4 cm³/mol. The Morgan fingerprint density at radius 1 is 1.65 bits per heavy atom. The first-order chi connectivity index (χ1) is 8.09. The molecule has 0 bridgehead atoms. The van der Waals surface area contributed by atoms with Crippen molar-refractivity contribution < 1.29 is 14.3 Å². The van der Waals surface area contributed by atoms with E-state index in [4.69, 9.17) is 4.42 Å². The van der Waals surface area contributed by atoms with Crippen molar-refractivity contribution in [1.82, 2.24) is 5.32 Å². The first-order valence-electron chi connectivity index (χ1n) is 6.08. The van der Waals surface area contributed by atoms with E-state index in [0.29, 0.717) is 6.54 Å². The van der Waals surface area contributed by atoms with Crippen molar-refractivity contribution in [2.24, 2.45) is 11.8 Å². The molecule has 0 aliphatic heterocycles. The average molecular weight is 237 g/mol. The van der Waals surface area contributed by atoms with Gasteiger partial charge in [-0.2, -0.15) is 0 Å². The Bertz CT molecular complexity index is 372. The Morgan fingerprint density at radius 3 is 3.00 bits per heavy atom. The largest absolute Gasteiger partial charge is 0.469 e. The summed E-state index contributed by atoms with van der Waals surface area (Å²) in [5.74, 6) is 1.30. The third-order valence-electron chi connectivity index (χ3n) is 3.29. The number of aliphatic hydroxyl groups is 1. The minimum atomic E-state index is -0.472. The molecule has 1 aliphatic carbocycles. The van der Waals surface area contributed by atoms with Gasteiger partial charge in [0.1, 0.15) is 5.76 Å². The normalized spacial score (nSPS) is 24.7. The van der Waals surface area contributed by atoms with Gasteiger partial charge in [-0.3, -0.25) is 4.79 Å². The SMILES string of the molecule is CC(C)C(O)CNC(=O)C1CC1c1ccco1. The molecule has 2 rings (SSSR count). The second-order valence-corrected chi connectivity index (χ2v) is 5.02. The summed E-state index contributed by atoms with van der Waals surface area (Å²) in [5, 5.41) is 12.4. The maximum atomic E-state index is 11.8. The molecular weight excluding hydrogens is 218 g/mol.